The van der Waals surface area contributed by atoms with E-state index >= 15 is 0 Å². The maximum atomic E-state index is 11.6. The Kier molecular flexibility index (Phi) is 7.60. The molecule has 0 spiro atoms. The molecule has 0 unspecified atom stereocenters. The van der Waals surface area contributed by atoms with Gasteiger partial charge in [-0.1, -0.05) is 23.7 Å². The lowest BCUT2D eigenvalue weighted by Gasteiger charge is -2.32. The minimum atomic E-state index is -0.502. The summed E-state index contributed by atoms with van der Waals surface area (Å²) in [6.07, 6.45) is 3.77. The zero-order valence-electron chi connectivity index (χ0n) is 21.5. The molecule has 0 N–H and O–H groups in total. The second kappa shape index (κ2) is 10.5. The molecule has 3 aromatic rings. The standard InChI is InChI=1S/C28H28BClN2O5/c1-18-23(29-36-27(2,3)28(4,5)37-29)7-6-8-25(18)35-17-22-11-26(21(15-33)10-24(22)30)34-16-20-9-19(12-31)13-32-14-20/h6-11,13-15H,16-17H2,1-5H3. The molecular formula is C28H28BClN2O5. The predicted octanol–water partition coefficient (Wildman–Crippen LogP) is 5.18. The molecule has 1 fully saturated rings. The Hall–Kier alpha value is -3.38. The van der Waals surface area contributed by atoms with E-state index in [1.807, 2.05) is 58.9 Å². The van der Waals surface area contributed by atoms with Gasteiger partial charge in [-0.15, -0.1) is 0 Å². The van der Waals surface area contributed by atoms with Crippen molar-refractivity contribution in [3.63, 3.8) is 0 Å². The van der Waals surface area contributed by atoms with Gasteiger partial charge in [0.15, 0.2) is 6.29 Å². The summed E-state index contributed by atoms with van der Waals surface area (Å²) >= 11 is 6.46. The van der Waals surface area contributed by atoms with Crippen LogP contribution in [0.25, 0.3) is 0 Å². The van der Waals surface area contributed by atoms with E-state index in [1.165, 1.54) is 6.20 Å². The van der Waals surface area contributed by atoms with Gasteiger partial charge in [-0.25, -0.2) is 0 Å². The van der Waals surface area contributed by atoms with Gasteiger partial charge in [-0.2, -0.15) is 5.26 Å². The van der Waals surface area contributed by atoms with E-state index in [2.05, 4.69) is 4.98 Å². The molecule has 0 radical (unpaired) electrons. The quantitative estimate of drug-likeness (QED) is 0.299. The van der Waals surface area contributed by atoms with Crippen LogP contribution in [0.4, 0.5) is 0 Å². The minimum absolute atomic E-state index is 0.139. The van der Waals surface area contributed by atoms with Crippen molar-refractivity contribution in [2.45, 2.75) is 59.0 Å². The molecule has 7 nitrogen and oxygen atoms in total. The summed E-state index contributed by atoms with van der Waals surface area (Å²) in [7, 11) is -0.502. The van der Waals surface area contributed by atoms with E-state index in [1.54, 1.807) is 24.4 Å². The van der Waals surface area contributed by atoms with Gasteiger partial charge in [0, 0.05) is 28.5 Å². The Morgan fingerprint density at radius 1 is 1.05 bits per heavy atom. The molecule has 1 aliphatic rings. The highest BCUT2D eigenvalue weighted by Crippen LogP contribution is 2.37. The van der Waals surface area contributed by atoms with Gasteiger partial charge in [0.2, 0.25) is 0 Å². The number of hydrogen-bond acceptors (Lipinski definition) is 7. The molecule has 0 saturated carbocycles. The zero-order valence-corrected chi connectivity index (χ0v) is 22.3. The third kappa shape index (κ3) is 5.64. The highest BCUT2D eigenvalue weighted by molar-refractivity contribution is 6.62. The fourth-order valence-electron chi connectivity index (χ4n) is 3.90. The number of aromatic nitrogens is 1. The molecule has 0 atom stereocenters. The van der Waals surface area contributed by atoms with Gasteiger partial charge in [-0.3, -0.25) is 9.78 Å². The highest BCUT2D eigenvalue weighted by atomic mass is 35.5. The normalized spacial score (nSPS) is 15.8. The van der Waals surface area contributed by atoms with Crippen molar-refractivity contribution in [3.8, 4) is 17.6 Å². The molecule has 4 rings (SSSR count). The van der Waals surface area contributed by atoms with Crippen molar-refractivity contribution < 1.29 is 23.6 Å². The predicted molar refractivity (Wildman–Crippen MR) is 141 cm³/mol. The average Bonchev–Trinajstić information content (AvgIpc) is 3.09. The van der Waals surface area contributed by atoms with E-state index in [9.17, 15) is 4.79 Å². The summed E-state index contributed by atoms with van der Waals surface area (Å²) in [5.74, 6) is 1.03. The topological polar surface area (TPSA) is 90.7 Å². The van der Waals surface area contributed by atoms with Crippen molar-refractivity contribution in [2.24, 2.45) is 0 Å². The number of halogens is 1. The minimum Gasteiger partial charge on any atom is -0.489 e. The van der Waals surface area contributed by atoms with E-state index < -0.39 is 18.3 Å². The van der Waals surface area contributed by atoms with Crippen LogP contribution in [0.5, 0.6) is 11.5 Å². The Morgan fingerprint density at radius 3 is 2.43 bits per heavy atom. The number of hydrogen-bond donors (Lipinski definition) is 0. The second-order valence-electron chi connectivity index (χ2n) is 9.93. The highest BCUT2D eigenvalue weighted by Gasteiger charge is 2.52. The summed E-state index contributed by atoms with van der Waals surface area (Å²) in [6.45, 7) is 10.3. The number of nitriles is 1. The fourth-order valence-corrected chi connectivity index (χ4v) is 4.12. The molecule has 37 heavy (non-hydrogen) atoms. The van der Waals surface area contributed by atoms with Gasteiger partial charge < -0.3 is 18.8 Å². The molecule has 1 aromatic heterocycles. The molecule has 0 bridgehead atoms. The molecule has 1 aliphatic heterocycles. The monoisotopic (exact) mass is 518 g/mol. The number of ether oxygens (including phenoxy) is 2. The number of nitrogens with zero attached hydrogens (tertiary/aromatic N) is 2. The SMILES string of the molecule is Cc1c(OCc2cc(OCc3cncc(C#N)c3)c(C=O)cc2Cl)cccc1B1OC(C)(C)C(C)(C)O1. The Balaban J connectivity index is 1.51. The molecular weight excluding hydrogens is 491 g/mol. The number of aldehydes is 1. The molecule has 2 aromatic carbocycles. The van der Waals surface area contributed by atoms with Crippen molar-refractivity contribution >= 4 is 30.5 Å². The molecule has 1 saturated heterocycles. The van der Waals surface area contributed by atoms with Crippen LogP contribution < -0.4 is 14.9 Å². The van der Waals surface area contributed by atoms with E-state index in [0.29, 0.717) is 45.1 Å². The van der Waals surface area contributed by atoms with Gasteiger partial charge in [0.25, 0.3) is 0 Å². The smallest absolute Gasteiger partial charge is 0.489 e. The third-order valence-corrected chi connectivity index (χ3v) is 7.19. The van der Waals surface area contributed by atoms with Crippen LogP contribution in [0.1, 0.15) is 60.3 Å². The number of carbonyl (C=O) groups excluding carboxylic acids is 1. The van der Waals surface area contributed by atoms with Gasteiger partial charge in [-0.05, 0) is 69.9 Å². The Morgan fingerprint density at radius 2 is 1.76 bits per heavy atom. The van der Waals surface area contributed by atoms with Crippen LogP contribution in [-0.2, 0) is 22.5 Å². The van der Waals surface area contributed by atoms with E-state index in [-0.39, 0.29) is 13.2 Å². The lowest BCUT2D eigenvalue weighted by atomic mass is 9.76. The summed E-state index contributed by atoms with van der Waals surface area (Å²) in [6, 6.07) is 12.7. The van der Waals surface area contributed by atoms with Crippen molar-refractivity contribution in [1.29, 1.82) is 5.26 Å². The second-order valence-corrected chi connectivity index (χ2v) is 10.3. The lowest BCUT2D eigenvalue weighted by molar-refractivity contribution is 0.00578. The summed E-state index contributed by atoms with van der Waals surface area (Å²) in [5.41, 5.74) is 3.02. The fraction of sp³-hybridized carbons (Fsp3) is 0.321. The average molecular weight is 519 g/mol. The van der Waals surface area contributed by atoms with Crippen molar-refractivity contribution in [3.05, 3.63) is 81.6 Å². The lowest BCUT2D eigenvalue weighted by Crippen LogP contribution is -2.41. The van der Waals surface area contributed by atoms with Crippen LogP contribution in [-0.4, -0.2) is 29.6 Å². The van der Waals surface area contributed by atoms with Gasteiger partial charge in [0.1, 0.15) is 30.8 Å². The molecule has 0 amide bonds. The van der Waals surface area contributed by atoms with Gasteiger partial charge in [0.05, 0.1) is 22.3 Å². The first-order valence-electron chi connectivity index (χ1n) is 11.9. The van der Waals surface area contributed by atoms with Crippen LogP contribution in [0.3, 0.4) is 0 Å². The van der Waals surface area contributed by atoms with Crippen LogP contribution in [0, 0.1) is 18.3 Å². The molecule has 2 heterocycles. The number of rotatable bonds is 8. The summed E-state index contributed by atoms with van der Waals surface area (Å²) in [4.78, 5) is 15.7. The van der Waals surface area contributed by atoms with Crippen molar-refractivity contribution in [2.75, 3.05) is 0 Å². The number of carbonyl (C=O) groups is 1. The van der Waals surface area contributed by atoms with E-state index in [0.717, 1.165) is 11.0 Å². The number of benzene rings is 2. The summed E-state index contributed by atoms with van der Waals surface area (Å²) < 4.78 is 24.5. The van der Waals surface area contributed by atoms with Crippen LogP contribution >= 0.6 is 11.6 Å². The maximum Gasteiger partial charge on any atom is 0.495 e. The first-order chi connectivity index (χ1) is 17.5. The third-order valence-electron chi connectivity index (χ3n) is 6.84. The molecule has 190 valence electrons. The largest absolute Gasteiger partial charge is 0.495 e. The Bertz CT molecular complexity index is 1350. The number of pyridine rings is 1. The Labute approximate surface area is 222 Å². The molecule has 0 aliphatic carbocycles. The maximum absolute atomic E-state index is 11.6. The first kappa shape index (κ1) is 26.7. The van der Waals surface area contributed by atoms with Crippen molar-refractivity contribution in [1.82, 2.24) is 4.98 Å². The first-order valence-corrected chi connectivity index (χ1v) is 12.2. The van der Waals surface area contributed by atoms with Crippen LogP contribution in [0.15, 0.2) is 48.8 Å². The van der Waals surface area contributed by atoms with E-state index in [4.69, 9.17) is 35.6 Å². The van der Waals surface area contributed by atoms with Crippen LogP contribution in [0.2, 0.25) is 5.02 Å². The zero-order chi connectivity index (χ0) is 26.8. The summed E-state index contributed by atoms with van der Waals surface area (Å²) in [5, 5.41) is 9.46. The van der Waals surface area contributed by atoms with Gasteiger partial charge >= 0.3 is 7.12 Å². The molecule has 9 heteroatoms.